The Kier molecular flexibility index (Phi) is 7.57. The van der Waals surface area contributed by atoms with E-state index >= 15 is 0 Å². The van der Waals surface area contributed by atoms with Gasteiger partial charge >= 0.3 is 0 Å². The molecule has 2 aromatic carbocycles. The summed E-state index contributed by atoms with van der Waals surface area (Å²) in [4.78, 5) is 21.3. The zero-order valence-electron chi connectivity index (χ0n) is 19.2. The van der Waals surface area contributed by atoms with Crippen LogP contribution in [-0.2, 0) is 4.79 Å². The smallest absolute Gasteiger partial charge is 0.260 e. The number of aromatic nitrogens is 2. The van der Waals surface area contributed by atoms with E-state index in [0.29, 0.717) is 17.5 Å². The average molecular weight is 451 g/mol. The molecule has 0 spiro atoms. The van der Waals surface area contributed by atoms with Crippen molar-refractivity contribution < 1.29 is 18.8 Å². The van der Waals surface area contributed by atoms with Crippen LogP contribution in [0.3, 0.4) is 0 Å². The highest BCUT2D eigenvalue weighted by Crippen LogP contribution is 2.25. The fourth-order valence-corrected chi connectivity index (χ4v) is 3.73. The summed E-state index contributed by atoms with van der Waals surface area (Å²) >= 11 is 0. The molecule has 4 rings (SSSR count). The molecule has 1 fully saturated rings. The molecule has 0 aliphatic carbocycles. The van der Waals surface area contributed by atoms with Gasteiger partial charge in [-0.05, 0) is 61.5 Å². The molecule has 1 aliphatic heterocycles. The van der Waals surface area contributed by atoms with Crippen LogP contribution in [0.25, 0.3) is 22.8 Å². The van der Waals surface area contributed by atoms with Gasteiger partial charge in [0.25, 0.3) is 11.8 Å². The second-order valence-corrected chi connectivity index (χ2v) is 8.04. The molecule has 0 N–H and O–H groups in total. The molecule has 0 radical (unpaired) electrons. The number of unbranched alkanes of at least 4 members (excludes halogenated alkanes) is 1. The minimum absolute atomic E-state index is 0.0234. The first kappa shape index (κ1) is 22.8. The third-order valence-corrected chi connectivity index (χ3v) is 5.79. The Morgan fingerprint density at radius 3 is 2.30 bits per heavy atom. The number of rotatable bonds is 9. The monoisotopic (exact) mass is 450 g/mol. The van der Waals surface area contributed by atoms with E-state index in [1.807, 2.05) is 53.4 Å². The molecule has 0 saturated carbocycles. The van der Waals surface area contributed by atoms with Crippen molar-refractivity contribution in [3.63, 3.8) is 0 Å². The van der Waals surface area contributed by atoms with Crippen LogP contribution in [-0.4, -0.2) is 72.3 Å². The first-order valence-electron chi connectivity index (χ1n) is 11.4. The van der Waals surface area contributed by atoms with Gasteiger partial charge in [-0.2, -0.15) is 4.98 Å². The van der Waals surface area contributed by atoms with Crippen molar-refractivity contribution >= 4 is 5.91 Å². The molecule has 8 heteroatoms. The van der Waals surface area contributed by atoms with E-state index in [4.69, 9.17) is 14.0 Å². The molecule has 1 aliphatic rings. The van der Waals surface area contributed by atoms with Crippen LogP contribution >= 0.6 is 0 Å². The summed E-state index contributed by atoms with van der Waals surface area (Å²) in [5, 5.41) is 4.06. The van der Waals surface area contributed by atoms with Crippen LogP contribution in [0.5, 0.6) is 11.5 Å². The number of methoxy groups -OCH3 is 1. The maximum absolute atomic E-state index is 12.5. The summed E-state index contributed by atoms with van der Waals surface area (Å²) < 4.78 is 16.3. The first-order valence-corrected chi connectivity index (χ1v) is 11.4. The second kappa shape index (κ2) is 11.0. The van der Waals surface area contributed by atoms with Crippen molar-refractivity contribution in [1.82, 2.24) is 19.9 Å². The summed E-state index contributed by atoms with van der Waals surface area (Å²) in [7, 11) is 1.63. The summed E-state index contributed by atoms with van der Waals surface area (Å²) in [5.74, 6) is 2.35. The minimum Gasteiger partial charge on any atom is -0.497 e. The van der Waals surface area contributed by atoms with Gasteiger partial charge in [-0.1, -0.05) is 18.5 Å². The van der Waals surface area contributed by atoms with Crippen LogP contribution in [0.2, 0.25) is 0 Å². The molecule has 33 heavy (non-hydrogen) atoms. The number of carbonyl (C=O) groups is 1. The largest absolute Gasteiger partial charge is 0.497 e. The van der Waals surface area contributed by atoms with Gasteiger partial charge in [0.05, 0.1) is 7.11 Å². The highest BCUT2D eigenvalue weighted by molar-refractivity contribution is 5.78. The molecule has 0 atom stereocenters. The summed E-state index contributed by atoms with van der Waals surface area (Å²) in [6.07, 6.45) is 2.40. The second-order valence-electron chi connectivity index (χ2n) is 8.04. The molecule has 1 aromatic heterocycles. The normalized spacial score (nSPS) is 14.3. The average Bonchev–Trinajstić information content (AvgIpc) is 3.37. The molecule has 8 nitrogen and oxygen atoms in total. The SMILES string of the molecule is CCCCN1CCN(C(=O)COc2ccc(-c3nc(-c4ccc(OC)cc4)no3)cc2)CC1. The van der Waals surface area contributed by atoms with E-state index < -0.39 is 0 Å². The maximum Gasteiger partial charge on any atom is 0.260 e. The Morgan fingerprint density at radius 2 is 1.64 bits per heavy atom. The van der Waals surface area contributed by atoms with E-state index in [2.05, 4.69) is 22.0 Å². The summed E-state index contributed by atoms with van der Waals surface area (Å²) in [6.45, 7) is 6.74. The summed E-state index contributed by atoms with van der Waals surface area (Å²) in [6, 6.07) is 14.8. The molecule has 0 unspecified atom stereocenters. The lowest BCUT2D eigenvalue weighted by molar-refractivity contribution is -0.135. The number of ether oxygens (including phenoxy) is 2. The van der Waals surface area contributed by atoms with Crippen molar-refractivity contribution in [1.29, 1.82) is 0 Å². The maximum atomic E-state index is 12.5. The topological polar surface area (TPSA) is 80.9 Å². The molecular formula is C25H30N4O4. The van der Waals surface area contributed by atoms with Crippen molar-refractivity contribution in [3.8, 4) is 34.3 Å². The number of carbonyl (C=O) groups excluding carboxylic acids is 1. The van der Waals surface area contributed by atoms with Gasteiger partial charge in [-0.25, -0.2) is 0 Å². The molecule has 174 valence electrons. The van der Waals surface area contributed by atoms with Gasteiger partial charge in [0.2, 0.25) is 5.82 Å². The number of nitrogens with zero attached hydrogens (tertiary/aromatic N) is 4. The predicted octanol–water partition coefficient (Wildman–Crippen LogP) is 3.74. The van der Waals surface area contributed by atoms with Crippen molar-refractivity contribution in [2.75, 3.05) is 46.4 Å². The molecule has 2 heterocycles. The first-order chi connectivity index (χ1) is 16.2. The lowest BCUT2D eigenvalue weighted by Gasteiger charge is -2.34. The molecule has 1 saturated heterocycles. The third-order valence-electron chi connectivity index (χ3n) is 5.79. The lowest BCUT2D eigenvalue weighted by atomic mass is 10.2. The van der Waals surface area contributed by atoms with Gasteiger partial charge in [0.1, 0.15) is 11.5 Å². The Balaban J connectivity index is 1.28. The van der Waals surface area contributed by atoms with Crippen molar-refractivity contribution in [2.24, 2.45) is 0 Å². The molecular weight excluding hydrogens is 420 g/mol. The van der Waals surface area contributed by atoms with E-state index in [9.17, 15) is 4.79 Å². The van der Waals surface area contributed by atoms with Crippen LogP contribution in [0.4, 0.5) is 0 Å². The van der Waals surface area contributed by atoms with Crippen LogP contribution < -0.4 is 9.47 Å². The van der Waals surface area contributed by atoms with E-state index in [-0.39, 0.29) is 12.5 Å². The number of benzene rings is 2. The third kappa shape index (κ3) is 5.90. The minimum atomic E-state index is 0.0234. The Labute approximate surface area is 194 Å². The number of hydrogen-bond donors (Lipinski definition) is 0. The summed E-state index contributed by atoms with van der Waals surface area (Å²) in [5.41, 5.74) is 1.62. The van der Waals surface area contributed by atoms with Crippen molar-refractivity contribution in [2.45, 2.75) is 19.8 Å². The van der Waals surface area contributed by atoms with E-state index in [1.165, 1.54) is 12.8 Å². The van der Waals surface area contributed by atoms with E-state index in [0.717, 1.165) is 49.6 Å². The lowest BCUT2D eigenvalue weighted by Crippen LogP contribution is -2.50. The van der Waals surface area contributed by atoms with Gasteiger partial charge in [0, 0.05) is 37.3 Å². The van der Waals surface area contributed by atoms with Crippen LogP contribution in [0.15, 0.2) is 53.1 Å². The van der Waals surface area contributed by atoms with Gasteiger partial charge in [-0.3, -0.25) is 9.69 Å². The zero-order chi connectivity index (χ0) is 23.0. The van der Waals surface area contributed by atoms with Crippen molar-refractivity contribution in [3.05, 3.63) is 48.5 Å². The van der Waals surface area contributed by atoms with Gasteiger partial charge in [0.15, 0.2) is 6.61 Å². The Morgan fingerprint density at radius 1 is 0.970 bits per heavy atom. The zero-order valence-corrected chi connectivity index (χ0v) is 19.2. The van der Waals surface area contributed by atoms with Gasteiger partial charge in [-0.15, -0.1) is 0 Å². The van der Waals surface area contributed by atoms with E-state index in [1.54, 1.807) is 7.11 Å². The highest BCUT2D eigenvalue weighted by atomic mass is 16.5. The van der Waals surface area contributed by atoms with Crippen LogP contribution in [0, 0.1) is 0 Å². The predicted molar refractivity (Wildman–Crippen MR) is 125 cm³/mol. The number of amides is 1. The molecule has 3 aromatic rings. The quantitative estimate of drug-likeness (QED) is 0.491. The fourth-order valence-electron chi connectivity index (χ4n) is 3.73. The Bertz CT molecular complexity index is 1030. The highest BCUT2D eigenvalue weighted by Gasteiger charge is 2.21. The standard InChI is InChI=1S/C25H30N4O4/c1-3-4-13-28-14-16-29(17-15-28)23(30)18-32-22-11-7-20(8-12-22)25-26-24(27-33-25)19-5-9-21(31-2)10-6-19/h5-12H,3-4,13-18H2,1-2H3. The molecule has 0 bridgehead atoms. The van der Waals surface area contributed by atoms with Gasteiger partial charge < -0.3 is 18.9 Å². The number of hydrogen-bond acceptors (Lipinski definition) is 7. The van der Waals surface area contributed by atoms with Crippen LogP contribution in [0.1, 0.15) is 19.8 Å². The fraction of sp³-hybridized carbons (Fsp3) is 0.400. The Hall–Kier alpha value is -3.39. The number of piperazine rings is 1. The molecule has 1 amide bonds.